The van der Waals surface area contributed by atoms with E-state index in [2.05, 4.69) is 19.2 Å². The van der Waals surface area contributed by atoms with Gasteiger partial charge in [0.2, 0.25) is 11.8 Å². The van der Waals surface area contributed by atoms with E-state index >= 15 is 0 Å². The van der Waals surface area contributed by atoms with Crippen molar-refractivity contribution >= 4 is 23.9 Å². The number of ether oxygens (including phenoxy) is 4. The van der Waals surface area contributed by atoms with E-state index in [0.29, 0.717) is 43.4 Å². The lowest BCUT2D eigenvalue weighted by Crippen LogP contribution is -2.49. The number of hydrogen-bond donors (Lipinski definition) is 3. The number of rotatable bonds is 18. The molecule has 2 heterocycles. The molecule has 0 saturated carbocycles. The highest BCUT2D eigenvalue weighted by Gasteiger charge is 2.53. The van der Waals surface area contributed by atoms with Gasteiger partial charge in [0, 0.05) is 37.9 Å². The van der Waals surface area contributed by atoms with Crippen LogP contribution in [0.25, 0.3) is 6.08 Å². The number of fused-ring (bicyclic) bond motifs is 1. The fourth-order valence-corrected chi connectivity index (χ4v) is 6.54. The molecule has 47 heavy (non-hydrogen) atoms. The summed E-state index contributed by atoms with van der Waals surface area (Å²) in [6.45, 7) is 4.81. The summed E-state index contributed by atoms with van der Waals surface area (Å²) in [5, 5.41) is 20.7. The molecular formula is C36H52N2O9. The number of unbranched alkanes of at least 4 members (excludes halogenated alkanes) is 4. The van der Waals surface area contributed by atoms with E-state index in [-0.39, 0.29) is 44.6 Å². The maximum Gasteiger partial charge on any atom is 0.338 e. The third kappa shape index (κ3) is 9.88. The highest BCUT2D eigenvalue weighted by Crippen LogP contribution is 2.43. The van der Waals surface area contributed by atoms with Gasteiger partial charge in [-0.05, 0) is 55.5 Å². The molecule has 2 aliphatic heterocycles. The zero-order valence-electron chi connectivity index (χ0n) is 27.9. The second-order valence-electron chi connectivity index (χ2n) is 12.5. The molecule has 1 aromatic carbocycles. The molecule has 1 aromatic rings. The largest absolute Gasteiger partial charge is 0.499 e. The molecule has 3 N–H and O–H groups in total. The maximum atomic E-state index is 14.0. The van der Waals surface area contributed by atoms with Crippen LogP contribution in [0.1, 0.15) is 100 Å². The molecule has 11 heteroatoms. The standard InChI is InChI=1S/C36H52N2O9/c1-3-5-7-16-36(17-8-6-4-2)46-31-25-28(34(42)38-19-9-10-29(38)33(41)37-18-20-39)24-30(32(31)47-36)45-35(43)27-13-11-26(12-14-27)15-22-44-23-21-40/h11-15,22,25,29-32,39-40H,3-10,16-21,23-24H2,1-2H3,(H,37,41). The van der Waals surface area contributed by atoms with Crippen molar-refractivity contribution in [3.05, 3.63) is 53.3 Å². The van der Waals surface area contributed by atoms with Crippen molar-refractivity contribution in [1.29, 1.82) is 0 Å². The quantitative estimate of drug-likeness (QED) is 0.120. The van der Waals surface area contributed by atoms with Crippen LogP contribution in [-0.2, 0) is 28.5 Å². The van der Waals surface area contributed by atoms with Crippen LogP contribution < -0.4 is 5.32 Å². The topological polar surface area (TPSA) is 144 Å². The van der Waals surface area contributed by atoms with Crippen LogP contribution in [0.15, 0.2) is 42.2 Å². The summed E-state index contributed by atoms with van der Waals surface area (Å²) < 4.78 is 24.7. The Hall–Kier alpha value is -3.25. The summed E-state index contributed by atoms with van der Waals surface area (Å²) >= 11 is 0. The van der Waals surface area contributed by atoms with Gasteiger partial charge in [0.1, 0.15) is 31.0 Å². The highest BCUT2D eigenvalue weighted by molar-refractivity contribution is 5.98. The zero-order valence-corrected chi connectivity index (χ0v) is 27.9. The number of esters is 1. The summed E-state index contributed by atoms with van der Waals surface area (Å²) in [4.78, 5) is 41.9. The third-order valence-corrected chi connectivity index (χ3v) is 8.97. The first kappa shape index (κ1) is 36.6. The van der Waals surface area contributed by atoms with Crippen molar-refractivity contribution in [1.82, 2.24) is 10.2 Å². The molecule has 0 bridgehead atoms. The molecule has 0 radical (unpaired) electrons. The second-order valence-corrected chi connectivity index (χ2v) is 12.5. The van der Waals surface area contributed by atoms with Crippen LogP contribution in [0.5, 0.6) is 0 Å². The number of likely N-dealkylation sites (tertiary alicyclic amines) is 1. The lowest BCUT2D eigenvalue weighted by atomic mass is 9.91. The number of nitrogens with zero attached hydrogens (tertiary/aromatic N) is 1. The van der Waals surface area contributed by atoms with Crippen molar-refractivity contribution in [3.8, 4) is 0 Å². The monoisotopic (exact) mass is 656 g/mol. The smallest absolute Gasteiger partial charge is 0.338 e. The molecule has 2 amide bonds. The molecule has 11 nitrogen and oxygen atoms in total. The molecule has 0 aromatic heterocycles. The number of aliphatic hydroxyl groups excluding tert-OH is 2. The Kier molecular flexibility index (Phi) is 14.3. The number of amides is 2. The van der Waals surface area contributed by atoms with Crippen molar-refractivity contribution < 1.29 is 43.5 Å². The summed E-state index contributed by atoms with van der Waals surface area (Å²) in [7, 11) is 0. The van der Waals surface area contributed by atoms with Crippen LogP contribution in [0.3, 0.4) is 0 Å². The van der Waals surface area contributed by atoms with Crippen molar-refractivity contribution in [2.45, 2.75) is 115 Å². The minimum Gasteiger partial charge on any atom is -0.499 e. The first-order valence-corrected chi connectivity index (χ1v) is 17.3. The molecular weight excluding hydrogens is 604 g/mol. The average molecular weight is 657 g/mol. The van der Waals surface area contributed by atoms with E-state index in [4.69, 9.17) is 29.2 Å². The predicted molar refractivity (Wildman–Crippen MR) is 176 cm³/mol. The SMILES string of the molecule is CCCCCC1(CCCCC)OC2C=C(C(=O)N3CCCC3C(=O)NCCO)CC(OC(=O)c3ccc(C=COCCO)cc3)C2O1. The Bertz CT molecular complexity index is 1220. The number of nitrogens with one attached hydrogen (secondary N) is 1. The minimum absolute atomic E-state index is 0.0768. The summed E-state index contributed by atoms with van der Waals surface area (Å²) in [5.41, 5.74) is 1.61. The fourth-order valence-electron chi connectivity index (χ4n) is 6.54. The molecule has 1 aliphatic carbocycles. The molecule has 3 aliphatic rings. The number of hydrogen-bond acceptors (Lipinski definition) is 9. The van der Waals surface area contributed by atoms with Gasteiger partial charge in [-0.2, -0.15) is 0 Å². The van der Waals surface area contributed by atoms with Gasteiger partial charge in [0.05, 0.1) is 25.0 Å². The Labute approximate surface area is 278 Å². The van der Waals surface area contributed by atoms with Crippen LogP contribution >= 0.6 is 0 Å². The lowest BCUT2D eigenvalue weighted by molar-refractivity contribution is -0.190. The van der Waals surface area contributed by atoms with Crippen molar-refractivity contribution in [3.63, 3.8) is 0 Å². The van der Waals surface area contributed by atoms with E-state index < -0.39 is 36.1 Å². The Morgan fingerprint density at radius 3 is 2.40 bits per heavy atom. The summed E-state index contributed by atoms with van der Waals surface area (Å²) in [6.07, 6.45) is 12.0. The summed E-state index contributed by atoms with van der Waals surface area (Å²) in [6, 6.07) is 6.25. The van der Waals surface area contributed by atoms with Gasteiger partial charge in [0.25, 0.3) is 0 Å². The zero-order chi connectivity index (χ0) is 33.6. The second kappa shape index (κ2) is 18.3. The highest BCUT2D eigenvalue weighted by atomic mass is 16.8. The van der Waals surface area contributed by atoms with Crippen LogP contribution in [0.4, 0.5) is 0 Å². The molecule has 2 fully saturated rings. The van der Waals surface area contributed by atoms with E-state index in [9.17, 15) is 14.4 Å². The maximum absolute atomic E-state index is 14.0. The van der Waals surface area contributed by atoms with E-state index in [0.717, 1.165) is 44.1 Å². The van der Waals surface area contributed by atoms with Crippen LogP contribution in [0, 0.1) is 0 Å². The first-order valence-electron chi connectivity index (χ1n) is 17.3. The van der Waals surface area contributed by atoms with E-state index in [1.807, 2.05) is 6.08 Å². The minimum atomic E-state index is -0.828. The van der Waals surface area contributed by atoms with Gasteiger partial charge in [0.15, 0.2) is 5.79 Å². The van der Waals surface area contributed by atoms with Crippen LogP contribution in [0.2, 0.25) is 0 Å². The molecule has 2 saturated heterocycles. The van der Waals surface area contributed by atoms with E-state index in [1.165, 1.54) is 6.26 Å². The van der Waals surface area contributed by atoms with Crippen LogP contribution in [-0.4, -0.2) is 95.9 Å². The van der Waals surface area contributed by atoms with Gasteiger partial charge >= 0.3 is 5.97 Å². The van der Waals surface area contributed by atoms with E-state index in [1.54, 1.807) is 35.2 Å². The molecule has 4 atom stereocenters. The van der Waals surface area contributed by atoms with Crippen molar-refractivity contribution in [2.24, 2.45) is 0 Å². The Balaban J connectivity index is 1.57. The molecule has 0 spiro atoms. The van der Waals surface area contributed by atoms with Gasteiger partial charge in [-0.15, -0.1) is 0 Å². The number of carbonyl (C=O) groups is 3. The Morgan fingerprint density at radius 1 is 1.02 bits per heavy atom. The fraction of sp³-hybridized carbons (Fsp3) is 0.639. The number of aliphatic hydroxyl groups is 2. The van der Waals surface area contributed by atoms with Gasteiger partial charge < -0.3 is 39.4 Å². The number of carbonyl (C=O) groups excluding carboxylic acids is 3. The van der Waals surface area contributed by atoms with Gasteiger partial charge in [-0.25, -0.2) is 4.79 Å². The average Bonchev–Trinajstić information content (AvgIpc) is 3.71. The molecule has 260 valence electrons. The number of benzene rings is 1. The van der Waals surface area contributed by atoms with Crippen molar-refractivity contribution in [2.75, 3.05) is 32.9 Å². The summed E-state index contributed by atoms with van der Waals surface area (Å²) in [5.74, 6) is -1.92. The van der Waals surface area contributed by atoms with Gasteiger partial charge in [-0.1, -0.05) is 51.7 Å². The normalized spacial score (nSPS) is 23.4. The third-order valence-electron chi connectivity index (χ3n) is 8.97. The predicted octanol–water partition coefficient (Wildman–Crippen LogP) is 4.26. The molecule has 4 rings (SSSR count). The van der Waals surface area contributed by atoms with Gasteiger partial charge in [-0.3, -0.25) is 9.59 Å². The first-order chi connectivity index (χ1) is 22.8. The Morgan fingerprint density at radius 2 is 1.74 bits per heavy atom. The molecule has 4 unspecified atom stereocenters. The lowest BCUT2D eigenvalue weighted by Gasteiger charge is -2.33.